The molecule has 0 saturated carbocycles. The lowest BCUT2D eigenvalue weighted by Crippen LogP contribution is -2.24. The van der Waals surface area contributed by atoms with E-state index in [4.69, 9.17) is 0 Å². The van der Waals surface area contributed by atoms with E-state index in [9.17, 15) is 9.90 Å². The van der Waals surface area contributed by atoms with Crippen LogP contribution in [-0.2, 0) is 6.54 Å². The van der Waals surface area contributed by atoms with Crippen molar-refractivity contribution < 1.29 is 5.11 Å². The predicted molar refractivity (Wildman–Crippen MR) is 80.3 cm³/mol. The Hall–Kier alpha value is -2.40. The number of benzene rings is 1. The van der Waals surface area contributed by atoms with E-state index in [1.54, 1.807) is 18.3 Å². The third-order valence-electron chi connectivity index (χ3n) is 3.62. The van der Waals surface area contributed by atoms with Crippen LogP contribution in [-0.4, -0.2) is 19.3 Å². The van der Waals surface area contributed by atoms with E-state index in [2.05, 4.69) is 5.10 Å². The first-order valence-electron chi connectivity index (χ1n) is 6.85. The Balaban J connectivity index is 1.94. The summed E-state index contributed by atoms with van der Waals surface area (Å²) in [6.07, 6.45) is 0.915. The molecular formula is C16H17N3O2. The van der Waals surface area contributed by atoms with Gasteiger partial charge in [-0.05, 0) is 37.1 Å². The van der Waals surface area contributed by atoms with Crippen LogP contribution in [0.3, 0.4) is 0 Å². The van der Waals surface area contributed by atoms with Gasteiger partial charge in [-0.15, -0.1) is 5.10 Å². The van der Waals surface area contributed by atoms with E-state index < -0.39 is 6.10 Å². The van der Waals surface area contributed by atoms with Crippen LogP contribution in [0.25, 0.3) is 5.65 Å². The van der Waals surface area contributed by atoms with Crippen LogP contribution in [0.1, 0.15) is 22.8 Å². The Morgan fingerprint density at radius 3 is 2.76 bits per heavy atom. The first kappa shape index (κ1) is 13.6. The summed E-state index contributed by atoms with van der Waals surface area (Å²) in [7, 11) is 0. The fourth-order valence-electron chi connectivity index (χ4n) is 2.55. The molecule has 1 N–H and O–H groups in total. The highest BCUT2D eigenvalue weighted by molar-refractivity contribution is 5.35. The third-order valence-corrected chi connectivity index (χ3v) is 3.62. The minimum absolute atomic E-state index is 0.143. The fraction of sp³-hybridized carbons (Fsp3) is 0.250. The van der Waals surface area contributed by atoms with Crippen molar-refractivity contribution in [1.82, 2.24) is 14.2 Å². The number of aryl methyl sites for hydroxylation is 2. The molecule has 1 atom stereocenters. The summed E-state index contributed by atoms with van der Waals surface area (Å²) in [5.41, 5.74) is 3.32. The summed E-state index contributed by atoms with van der Waals surface area (Å²) >= 11 is 0. The van der Waals surface area contributed by atoms with E-state index in [0.29, 0.717) is 5.65 Å². The SMILES string of the molecule is Cc1ccc(C(O)Cn2nc3ccccn3c2=O)c(C)c1. The van der Waals surface area contributed by atoms with Crippen molar-refractivity contribution in [3.8, 4) is 0 Å². The maximum absolute atomic E-state index is 12.2. The molecule has 0 saturated heterocycles. The zero-order chi connectivity index (χ0) is 15.0. The van der Waals surface area contributed by atoms with Gasteiger partial charge in [0, 0.05) is 6.20 Å². The van der Waals surface area contributed by atoms with Gasteiger partial charge >= 0.3 is 5.69 Å². The summed E-state index contributed by atoms with van der Waals surface area (Å²) < 4.78 is 2.77. The Kier molecular flexibility index (Phi) is 3.35. The number of rotatable bonds is 3. The Morgan fingerprint density at radius 2 is 2.05 bits per heavy atom. The van der Waals surface area contributed by atoms with Gasteiger partial charge in [0.2, 0.25) is 0 Å². The molecule has 0 bridgehead atoms. The average molecular weight is 283 g/mol. The van der Waals surface area contributed by atoms with Gasteiger partial charge in [-0.2, -0.15) is 0 Å². The van der Waals surface area contributed by atoms with Crippen LogP contribution in [0.4, 0.5) is 0 Å². The summed E-state index contributed by atoms with van der Waals surface area (Å²) in [6, 6.07) is 11.2. The molecule has 1 aromatic carbocycles. The molecule has 0 radical (unpaired) electrons. The van der Waals surface area contributed by atoms with Crippen molar-refractivity contribution in [3.05, 3.63) is 69.8 Å². The van der Waals surface area contributed by atoms with E-state index in [1.807, 2.05) is 38.1 Å². The summed E-state index contributed by atoms with van der Waals surface area (Å²) in [6.45, 7) is 4.11. The van der Waals surface area contributed by atoms with Gasteiger partial charge in [0.1, 0.15) is 0 Å². The molecule has 5 heteroatoms. The van der Waals surface area contributed by atoms with Crippen molar-refractivity contribution in [2.45, 2.75) is 26.5 Å². The smallest absolute Gasteiger partial charge is 0.350 e. The van der Waals surface area contributed by atoms with Gasteiger partial charge in [0.15, 0.2) is 5.65 Å². The van der Waals surface area contributed by atoms with Gasteiger partial charge in [0.25, 0.3) is 0 Å². The van der Waals surface area contributed by atoms with Crippen LogP contribution in [0.15, 0.2) is 47.4 Å². The number of hydrogen-bond acceptors (Lipinski definition) is 3. The van der Waals surface area contributed by atoms with Gasteiger partial charge in [-0.3, -0.25) is 4.40 Å². The second kappa shape index (κ2) is 5.18. The standard InChI is InChI=1S/C16H17N3O2/c1-11-6-7-13(12(2)9-11)14(20)10-19-16(21)18-8-4-3-5-15(18)17-19/h3-9,14,20H,10H2,1-2H3. The zero-order valence-corrected chi connectivity index (χ0v) is 12.0. The average Bonchev–Trinajstić information content (AvgIpc) is 2.76. The number of pyridine rings is 1. The number of aliphatic hydroxyl groups excluding tert-OH is 1. The number of hydrogen-bond donors (Lipinski definition) is 1. The molecule has 2 aromatic heterocycles. The molecule has 5 nitrogen and oxygen atoms in total. The summed E-state index contributed by atoms with van der Waals surface area (Å²) in [4.78, 5) is 12.2. The number of aromatic nitrogens is 3. The van der Waals surface area contributed by atoms with Crippen molar-refractivity contribution in [3.63, 3.8) is 0 Å². The van der Waals surface area contributed by atoms with Crippen LogP contribution in [0, 0.1) is 13.8 Å². The molecule has 3 aromatic rings. The molecule has 0 amide bonds. The molecule has 0 aliphatic carbocycles. The van der Waals surface area contributed by atoms with Crippen LogP contribution in [0.5, 0.6) is 0 Å². The maximum Gasteiger partial charge on any atom is 0.350 e. The molecule has 108 valence electrons. The first-order chi connectivity index (χ1) is 10.1. The largest absolute Gasteiger partial charge is 0.386 e. The second-order valence-corrected chi connectivity index (χ2v) is 5.27. The van der Waals surface area contributed by atoms with E-state index >= 15 is 0 Å². The molecule has 1 unspecified atom stereocenters. The van der Waals surface area contributed by atoms with Crippen molar-refractivity contribution >= 4 is 5.65 Å². The zero-order valence-electron chi connectivity index (χ0n) is 12.0. The van der Waals surface area contributed by atoms with E-state index in [-0.39, 0.29) is 12.2 Å². The molecule has 0 spiro atoms. The lowest BCUT2D eigenvalue weighted by Gasteiger charge is -2.13. The second-order valence-electron chi connectivity index (χ2n) is 5.27. The fourth-order valence-corrected chi connectivity index (χ4v) is 2.55. The Bertz CT molecular complexity index is 848. The molecule has 0 fully saturated rings. The van der Waals surface area contributed by atoms with Crippen molar-refractivity contribution in [1.29, 1.82) is 0 Å². The topological polar surface area (TPSA) is 59.5 Å². The minimum atomic E-state index is -0.756. The minimum Gasteiger partial charge on any atom is -0.386 e. The highest BCUT2D eigenvalue weighted by Gasteiger charge is 2.14. The molecule has 0 aliphatic rings. The highest BCUT2D eigenvalue weighted by Crippen LogP contribution is 2.19. The molecule has 0 aliphatic heterocycles. The van der Waals surface area contributed by atoms with Gasteiger partial charge in [0.05, 0.1) is 12.6 Å². The molecule has 3 rings (SSSR count). The van der Waals surface area contributed by atoms with Crippen LogP contribution in [0.2, 0.25) is 0 Å². The van der Waals surface area contributed by atoms with E-state index in [0.717, 1.165) is 16.7 Å². The lowest BCUT2D eigenvalue weighted by molar-refractivity contribution is 0.149. The van der Waals surface area contributed by atoms with Crippen LogP contribution >= 0.6 is 0 Å². The maximum atomic E-state index is 12.2. The van der Waals surface area contributed by atoms with Gasteiger partial charge in [-0.1, -0.05) is 29.8 Å². The molecule has 2 heterocycles. The number of fused-ring (bicyclic) bond motifs is 1. The van der Waals surface area contributed by atoms with Crippen molar-refractivity contribution in [2.75, 3.05) is 0 Å². The quantitative estimate of drug-likeness (QED) is 0.798. The van der Waals surface area contributed by atoms with Gasteiger partial charge in [-0.25, -0.2) is 9.48 Å². The Labute approximate surface area is 122 Å². The first-order valence-corrected chi connectivity index (χ1v) is 6.85. The van der Waals surface area contributed by atoms with Crippen LogP contribution < -0.4 is 5.69 Å². The third kappa shape index (κ3) is 2.48. The monoisotopic (exact) mass is 283 g/mol. The van der Waals surface area contributed by atoms with Crippen molar-refractivity contribution in [2.24, 2.45) is 0 Å². The number of aliphatic hydroxyl groups is 1. The van der Waals surface area contributed by atoms with Gasteiger partial charge < -0.3 is 5.11 Å². The molecular weight excluding hydrogens is 266 g/mol. The number of nitrogens with zero attached hydrogens (tertiary/aromatic N) is 3. The van der Waals surface area contributed by atoms with E-state index in [1.165, 1.54) is 9.08 Å². The Morgan fingerprint density at radius 1 is 1.24 bits per heavy atom. The summed E-state index contributed by atoms with van der Waals surface area (Å²) in [5, 5.41) is 14.6. The normalized spacial score (nSPS) is 12.7. The summed E-state index contributed by atoms with van der Waals surface area (Å²) in [5.74, 6) is 0. The predicted octanol–water partition coefficient (Wildman–Crippen LogP) is 1.85. The molecule has 21 heavy (non-hydrogen) atoms. The lowest BCUT2D eigenvalue weighted by atomic mass is 10.0. The highest BCUT2D eigenvalue weighted by atomic mass is 16.3.